The minimum atomic E-state index is 0.408. The number of nitriles is 1. The van der Waals surface area contributed by atoms with Crippen LogP contribution < -0.4 is 10.5 Å². The molecule has 2 aromatic carbocycles. The number of aryl methyl sites for hydroxylation is 1. The molecule has 0 amide bonds. The zero-order valence-electron chi connectivity index (χ0n) is 9.77. The van der Waals surface area contributed by atoms with Crippen molar-refractivity contribution in [3.63, 3.8) is 0 Å². The number of anilines is 1. The summed E-state index contributed by atoms with van der Waals surface area (Å²) in [5.74, 6) is 0.960. The monoisotopic (exact) mass is 258 g/mol. The van der Waals surface area contributed by atoms with E-state index < -0.39 is 0 Å². The molecule has 3 nitrogen and oxygen atoms in total. The topological polar surface area (TPSA) is 59.0 Å². The molecule has 4 heteroatoms. The van der Waals surface area contributed by atoms with Gasteiger partial charge in [-0.3, -0.25) is 0 Å². The average molecular weight is 259 g/mol. The van der Waals surface area contributed by atoms with E-state index in [1.807, 2.05) is 19.1 Å². The first kappa shape index (κ1) is 12.3. The summed E-state index contributed by atoms with van der Waals surface area (Å²) in [6.07, 6.45) is 0. The Kier molecular flexibility index (Phi) is 3.40. The van der Waals surface area contributed by atoms with Gasteiger partial charge < -0.3 is 10.5 Å². The van der Waals surface area contributed by atoms with Crippen LogP contribution in [-0.4, -0.2) is 0 Å². The number of nitrogen functional groups attached to an aromatic ring is 1. The summed E-state index contributed by atoms with van der Waals surface area (Å²) in [6, 6.07) is 12.4. The Morgan fingerprint density at radius 1 is 1.28 bits per heavy atom. The molecule has 0 radical (unpaired) electrons. The highest BCUT2D eigenvalue weighted by Crippen LogP contribution is 2.33. The second-order valence-corrected chi connectivity index (χ2v) is 4.28. The predicted octanol–water partition coefficient (Wildman–Crippen LogP) is 3.89. The Hall–Kier alpha value is -2.18. The Morgan fingerprint density at radius 3 is 2.72 bits per heavy atom. The Bertz CT molecular complexity index is 612. The van der Waals surface area contributed by atoms with Gasteiger partial charge in [0.25, 0.3) is 0 Å². The molecule has 0 spiro atoms. The summed E-state index contributed by atoms with van der Waals surface area (Å²) < 4.78 is 5.71. The van der Waals surface area contributed by atoms with Crippen molar-refractivity contribution in [2.45, 2.75) is 6.92 Å². The number of nitrogens with zero attached hydrogens (tertiary/aromatic N) is 1. The van der Waals surface area contributed by atoms with Gasteiger partial charge in [-0.05, 0) is 30.7 Å². The molecule has 90 valence electrons. The molecular formula is C14H11ClN2O. The highest BCUT2D eigenvalue weighted by Gasteiger charge is 2.09. The van der Waals surface area contributed by atoms with Crippen molar-refractivity contribution in [2.75, 3.05) is 5.73 Å². The molecule has 0 aliphatic heterocycles. The van der Waals surface area contributed by atoms with E-state index in [0.717, 1.165) is 5.56 Å². The SMILES string of the molecule is Cc1cccc(N)c1Oc1cc(Cl)ccc1C#N. The number of para-hydroxylation sites is 1. The molecule has 0 aliphatic rings. The Morgan fingerprint density at radius 2 is 2.06 bits per heavy atom. The lowest BCUT2D eigenvalue weighted by molar-refractivity contribution is 0.480. The summed E-state index contributed by atoms with van der Waals surface area (Å²) >= 11 is 5.90. The second-order valence-electron chi connectivity index (χ2n) is 3.85. The van der Waals surface area contributed by atoms with E-state index in [-0.39, 0.29) is 0 Å². The normalized spacial score (nSPS) is 9.83. The van der Waals surface area contributed by atoms with Gasteiger partial charge in [-0.2, -0.15) is 5.26 Å². The van der Waals surface area contributed by atoms with E-state index in [4.69, 9.17) is 27.3 Å². The van der Waals surface area contributed by atoms with Crippen molar-refractivity contribution >= 4 is 17.3 Å². The summed E-state index contributed by atoms with van der Waals surface area (Å²) in [5.41, 5.74) is 7.70. The third kappa shape index (κ3) is 2.39. The number of ether oxygens (including phenoxy) is 1. The van der Waals surface area contributed by atoms with Crippen LogP contribution in [0.2, 0.25) is 5.02 Å². The van der Waals surface area contributed by atoms with Gasteiger partial charge in [0.15, 0.2) is 5.75 Å². The fourth-order valence-corrected chi connectivity index (χ4v) is 1.76. The highest BCUT2D eigenvalue weighted by atomic mass is 35.5. The van der Waals surface area contributed by atoms with Gasteiger partial charge in [0.1, 0.15) is 11.8 Å². The van der Waals surface area contributed by atoms with E-state index in [2.05, 4.69) is 6.07 Å². The molecule has 0 bridgehead atoms. The van der Waals surface area contributed by atoms with Gasteiger partial charge >= 0.3 is 0 Å². The molecule has 2 rings (SSSR count). The largest absolute Gasteiger partial charge is 0.453 e. The summed E-state index contributed by atoms with van der Waals surface area (Å²) in [5, 5.41) is 9.53. The molecule has 0 saturated carbocycles. The molecule has 0 saturated heterocycles. The van der Waals surface area contributed by atoms with Crippen LogP contribution in [0.15, 0.2) is 36.4 Å². The highest BCUT2D eigenvalue weighted by molar-refractivity contribution is 6.30. The lowest BCUT2D eigenvalue weighted by Gasteiger charge is -2.12. The van der Waals surface area contributed by atoms with Crippen molar-refractivity contribution in [1.29, 1.82) is 5.26 Å². The van der Waals surface area contributed by atoms with Crippen molar-refractivity contribution < 1.29 is 4.74 Å². The Labute approximate surface area is 110 Å². The van der Waals surface area contributed by atoms with Gasteiger partial charge in [-0.1, -0.05) is 23.7 Å². The van der Waals surface area contributed by atoms with Crippen LogP contribution in [0.25, 0.3) is 0 Å². The van der Waals surface area contributed by atoms with Crippen LogP contribution >= 0.6 is 11.6 Å². The first-order valence-corrected chi connectivity index (χ1v) is 5.72. The zero-order valence-corrected chi connectivity index (χ0v) is 10.5. The third-order valence-electron chi connectivity index (χ3n) is 2.52. The van der Waals surface area contributed by atoms with Gasteiger partial charge in [0.2, 0.25) is 0 Å². The van der Waals surface area contributed by atoms with Gasteiger partial charge in [0.05, 0.1) is 11.3 Å². The maximum absolute atomic E-state index is 9.02. The maximum Gasteiger partial charge on any atom is 0.153 e. The summed E-state index contributed by atoms with van der Waals surface area (Å²) in [6.45, 7) is 1.89. The van der Waals surface area contributed by atoms with Crippen molar-refractivity contribution in [1.82, 2.24) is 0 Å². The van der Waals surface area contributed by atoms with Crippen molar-refractivity contribution in [3.05, 3.63) is 52.5 Å². The fourth-order valence-electron chi connectivity index (χ4n) is 1.60. The van der Waals surface area contributed by atoms with Gasteiger partial charge in [-0.25, -0.2) is 0 Å². The first-order chi connectivity index (χ1) is 8.61. The minimum Gasteiger partial charge on any atom is -0.453 e. The molecule has 0 fully saturated rings. The minimum absolute atomic E-state index is 0.408. The van der Waals surface area contributed by atoms with E-state index >= 15 is 0 Å². The van der Waals surface area contributed by atoms with Crippen LogP contribution in [0, 0.1) is 18.3 Å². The summed E-state index contributed by atoms with van der Waals surface area (Å²) in [4.78, 5) is 0. The number of rotatable bonds is 2. The van der Waals surface area contributed by atoms with Gasteiger partial charge in [0, 0.05) is 11.1 Å². The van der Waals surface area contributed by atoms with Crippen LogP contribution in [0.1, 0.15) is 11.1 Å². The van der Waals surface area contributed by atoms with Crippen LogP contribution in [0.3, 0.4) is 0 Å². The van der Waals surface area contributed by atoms with Gasteiger partial charge in [-0.15, -0.1) is 0 Å². The van der Waals surface area contributed by atoms with E-state index in [0.29, 0.717) is 27.8 Å². The standard InChI is InChI=1S/C14H11ClN2O/c1-9-3-2-4-12(17)14(9)18-13-7-11(15)6-5-10(13)8-16/h2-7H,17H2,1H3. The molecule has 0 heterocycles. The molecule has 0 unspecified atom stereocenters. The molecule has 2 N–H and O–H groups in total. The van der Waals surface area contributed by atoms with Crippen LogP contribution in [0.4, 0.5) is 5.69 Å². The maximum atomic E-state index is 9.02. The van der Waals surface area contributed by atoms with Crippen LogP contribution in [-0.2, 0) is 0 Å². The van der Waals surface area contributed by atoms with E-state index in [1.54, 1.807) is 24.3 Å². The Balaban J connectivity index is 2.46. The predicted molar refractivity (Wildman–Crippen MR) is 71.8 cm³/mol. The number of halogens is 1. The number of hydrogen-bond donors (Lipinski definition) is 1. The lowest BCUT2D eigenvalue weighted by atomic mass is 10.2. The summed E-state index contributed by atoms with van der Waals surface area (Å²) in [7, 11) is 0. The van der Waals surface area contributed by atoms with E-state index in [1.165, 1.54) is 0 Å². The first-order valence-electron chi connectivity index (χ1n) is 5.34. The van der Waals surface area contributed by atoms with Crippen molar-refractivity contribution in [2.24, 2.45) is 0 Å². The number of benzene rings is 2. The molecule has 0 atom stereocenters. The zero-order chi connectivity index (χ0) is 13.1. The smallest absolute Gasteiger partial charge is 0.153 e. The molecule has 2 aromatic rings. The molecule has 0 aliphatic carbocycles. The second kappa shape index (κ2) is 4.99. The molecule has 0 aromatic heterocycles. The lowest BCUT2D eigenvalue weighted by Crippen LogP contribution is -1.95. The molecular weight excluding hydrogens is 248 g/mol. The van der Waals surface area contributed by atoms with Crippen LogP contribution in [0.5, 0.6) is 11.5 Å². The fraction of sp³-hybridized carbons (Fsp3) is 0.0714. The quantitative estimate of drug-likeness (QED) is 0.831. The number of nitrogens with two attached hydrogens (primary N) is 1. The van der Waals surface area contributed by atoms with E-state index in [9.17, 15) is 0 Å². The third-order valence-corrected chi connectivity index (χ3v) is 2.75. The number of hydrogen-bond acceptors (Lipinski definition) is 3. The van der Waals surface area contributed by atoms with Crippen molar-refractivity contribution in [3.8, 4) is 17.6 Å². The molecule has 18 heavy (non-hydrogen) atoms. The average Bonchev–Trinajstić information content (AvgIpc) is 2.34.